The molecule has 0 bridgehead atoms. The van der Waals surface area contributed by atoms with Crippen LogP contribution in [0, 0.1) is 0 Å². The number of methoxy groups -OCH3 is 2. The van der Waals surface area contributed by atoms with Crippen LogP contribution in [0.2, 0.25) is 0 Å². The van der Waals surface area contributed by atoms with E-state index in [2.05, 4.69) is 10.2 Å². The maximum atomic E-state index is 11.8. The first-order valence-corrected chi connectivity index (χ1v) is 10.1. The van der Waals surface area contributed by atoms with Crippen LogP contribution >= 0.6 is 0 Å². The molecule has 0 aromatic rings. The smallest absolute Gasteiger partial charge is 0.407 e. The fourth-order valence-corrected chi connectivity index (χ4v) is 2.95. The molecule has 1 amide bonds. The molecule has 1 N–H and O–H groups in total. The second-order valence-corrected chi connectivity index (χ2v) is 8.54. The van der Waals surface area contributed by atoms with Gasteiger partial charge in [0, 0.05) is 27.3 Å². The predicted octanol–water partition coefficient (Wildman–Crippen LogP) is 2.75. The first kappa shape index (κ1) is 25.1. The molecule has 0 aromatic heterocycles. The highest BCUT2D eigenvalue weighted by Crippen LogP contribution is 2.20. The monoisotopic (exact) mass is 404 g/mol. The molecule has 0 aliphatic carbocycles. The highest BCUT2D eigenvalue weighted by atomic mass is 16.7. The van der Waals surface area contributed by atoms with Crippen molar-refractivity contribution < 1.29 is 28.5 Å². The van der Waals surface area contributed by atoms with Crippen molar-refractivity contribution in [1.82, 2.24) is 10.2 Å². The van der Waals surface area contributed by atoms with Crippen molar-refractivity contribution in [2.45, 2.75) is 77.6 Å². The van der Waals surface area contributed by atoms with Gasteiger partial charge in [-0.25, -0.2) is 4.79 Å². The molecule has 1 fully saturated rings. The summed E-state index contributed by atoms with van der Waals surface area (Å²) in [5.41, 5.74) is -0.487. The van der Waals surface area contributed by atoms with E-state index in [0.29, 0.717) is 19.8 Å². The standard InChI is InChI=1S/C20H40N2O6/c1-19(2,3)28-18(23)21-11-9-13-22(12-8-10-17(24-6)25-7)16-14-26-20(4,5)27-15-16/h16-17H,8-15H2,1-7H3,(H,21,23). The Morgan fingerprint density at radius 3 is 2.25 bits per heavy atom. The molecule has 1 heterocycles. The Bertz CT molecular complexity index is 438. The number of nitrogens with one attached hydrogen (secondary N) is 1. The van der Waals surface area contributed by atoms with Crippen molar-refractivity contribution >= 4 is 6.09 Å². The van der Waals surface area contributed by atoms with Gasteiger partial charge in [0.05, 0.1) is 19.3 Å². The number of rotatable bonds is 11. The van der Waals surface area contributed by atoms with E-state index in [4.69, 9.17) is 23.7 Å². The molecule has 1 aliphatic heterocycles. The van der Waals surface area contributed by atoms with E-state index < -0.39 is 11.4 Å². The van der Waals surface area contributed by atoms with Gasteiger partial charge in [-0.05, 0) is 60.4 Å². The van der Waals surface area contributed by atoms with E-state index in [0.717, 1.165) is 32.4 Å². The van der Waals surface area contributed by atoms with Crippen LogP contribution in [0.4, 0.5) is 4.79 Å². The van der Waals surface area contributed by atoms with Crippen molar-refractivity contribution in [3.05, 3.63) is 0 Å². The topological polar surface area (TPSA) is 78.5 Å². The Hall–Kier alpha value is -0.930. The summed E-state index contributed by atoms with van der Waals surface area (Å²) in [6, 6.07) is 0.193. The molecule has 0 aromatic carbocycles. The van der Waals surface area contributed by atoms with Gasteiger partial charge in [-0.1, -0.05) is 0 Å². The van der Waals surface area contributed by atoms with Gasteiger partial charge in [0.15, 0.2) is 12.1 Å². The zero-order valence-electron chi connectivity index (χ0n) is 18.7. The second kappa shape index (κ2) is 11.9. The van der Waals surface area contributed by atoms with Crippen LogP contribution in [0.3, 0.4) is 0 Å². The predicted molar refractivity (Wildman–Crippen MR) is 107 cm³/mol. The third kappa shape index (κ3) is 10.6. The molecule has 8 heteroatoms. The van der Waals surface area contributed by atoms with E-state index in [1.807, 2.05) is 34.6 Å². The number of carbonyl (C=O) groups is 1. The molecule has 0 radical (unpaired) electrons. The van der Waals surface area contributed by atoms with Crippen molar-refractivity contribution in [3.63, 3.8) is 0 Å². The number of alkyl carbamates (subject to hydrolysis) is 1. The lowest BCUT2D eigenvalue weighted by atomic mass is 10.2. The second-order valence-electron chi connectivity index (χ2n) is 8.54. The quantitative estimate of drug-likeness (QED) is 0.419. The Kier molecular flexibility index (Phi) is 10.7. The number of ether oxygens (including phenoxy) is 5. The van der Waals surface area contributed by atoms with Gasteiger partial charge in [-0.2, -0.15) is 0 Å². The van der Waals surface area contributed by atoms with Gasteiger partial charge in [-0.15, -0.1) is 0 Å². The zero-order valence-corrected chi connectivity index (χ0v) is 18.7. The number of hydrogen-bond acceptors (Lipinski definition) is 7. The van der Waals surface area contributed by atoms with Gasteiger partial charge in [-0.3, -0.25) is 4.90 Å². The van der Waals surface area contributed by atoms with Gasteiger partial charge in [0.25, 0.3) is 0 Å². The summed E-state index contributed by atoms with van der Waals surface area (Å²) in [6.07, 6.45) is 2.00. The van der Waals surface area contributed by atoms with Crippen LogP contribution in [0.1, 0.15) is 53.9 Å². The Labute approximate surface area is 170 Å². The third-order valence-electron chi connectivity index (χ3n) is 4.46. The number of amides is 1. The van der Waals surface area contributed by atoms with Crippen LogP contribution in [0.25, 0.3) is 0 Å². The largest absolute Gasteiger partial charge is 0.444 e. The van der Waals surface area contributed by atoms with Gasteiger partial charge < -0.3 is 29.0 Å². The summed E-state index contributed by atoms with van der Waals surface area (Å²) in [6.45, 7) is 13.0. The molecule has 1 saturated heterocycles. The van der Waals surface area contributed by atoms with Crippen LogP contribution < -0.4 is 5.32 Å². The van der Waals surface area contributed by atoms with Crippen molar-refractivity contribution in [2.75, 3.05) is 47.1 Å². The summed E-state index contributed by atoms with van der Waals surface area (Å²) < 4.78 is 27.5. The third-order valence-corrected chi connectivity index (χ3v) is 4.46. The van der Waals surface area contributed by atoms with E-state index >= 15 is 0 Å². The molecule has 8 nitrogen and oxygen atoms in total. The number of carbonyl (C=O) groups excluding carboxylic acids is 1. The first-order chi connectivity index (χ1) is 13.1. The lowest BCUT2D eigenvalue weighted by molar-refractivity contribution is -0.264. The van der Waals surface area contributed by atoms with Crippen LogP contribution in [0.5, 0.6) is 0 Å². The normalized spacial score (nSPS) is 17.9. The average molecular weight is 405 g/mol. The van der Waals surface area contributed by atoms with Crippen LogP contribution in [-0.4, -0.2) is 81.8 Å². The fourth-order valence-electron chi connectivity index (χ4n) is 2.95. The highest BCUT2D eigenvalue weighted by molar-refractivity contribution is 5.67. The van der Waals surface area contributed by atoms with E-state index in [9.17, 15) is 4.79 Å². The van der Waals surface area contributed by atoms with E-state index in [1.165, 1.54) is 0 Å². The zero-order chi connectivity index (χ0) is 21.2. The molecule has 1 rings (SSSR count). The number of nitrogens with zero attached hydrogens (tertiary/aromatic N) is 1. The molecule has 0 saturated carbocycles. The minimum Gasteiger partial charge on any atom is -0.444 e. The Balaban J connectivity index is 2.45. The van der Waals surface area contributed by atoms with Gasteiger partial charge in [0.1, 0.15) is 5.60 Å². The van der Waals surface area contributed by atoms with E-state index in [-0.39, 0.29) is 18.4 Å². The maximum Gasteiger partial charge on any atom is 0.407 e. The fraction of sp³-hybridized carbons (Fsp3) is 0.950. The highest BCUT2D eigenvalue weighted by Gasteiger charge is 2.31. The van der Waals surface area contributed by atoms with Gasteiger partial charge in [0.2, 0.25) is 0 Å². The molecule has 0 spiro atoms. The minimum absolute atomic E-state index is 0.187. The van der Waals surface area contributed by atoms with Crippen molar-refractivity contribution in [2.24, 2.45) is 0 Å². The summed E-state index contributed by atoms with van der Waals surface area (Å²) >= 11 is 0. The molecule has 28 heavy (non-hydrogen) atoms. The summed E-state index contributed by atoms with van der Waals surface area (Å²) in [7, 11) is 3.30. The Morgan fingerprint density at radius 1 is 1.14 bits per heavy atom. The summed E-state index contributed by atoms with van der Waals surface area (Å²) in [4.78, 5) is 14.1. The lowest BCUT2D eigenvalue weighted by Crippen LogP contribution is -2.51. The lowest BCUT2D eigenvalue weighted by Gasteiger charge is -2.40. The first-order valence-electron chi connectivity index (χ1n) is 10.1. The molecule has 1 aliphatic rings. The van der Waals surface area contributed by atoms with Crippen molar-refractivity contribution in [3.8, 4) is 0 Å². The Morgan fingerprint density at radius 2 is 1.71 bits per heavy atom. The SMILES string of the molecule is COC(CCCN(CCCNC(=O)OC(C)(C)C)C1COC(C)(C)OC1)OC. The van der Waals surface area contributed by atoms with E-state index in [1.54, 1.807) is 14.2 Å². The average Bonchev–Trinajstić information content (AvgIpc) is 2.59. The molecule has 0 atom stereocenters. The molecule has 0 unspecified atom stereocenters. The molecular weight excluding hydrogens is 364 g/mol. The molecule has 166 valence electrons. The van der Waals surface area contributed by atoms with Crippen LogP contribution in [-0.2, 0) is 23.7 Å². The maximum absolute atomic E-state index is 11.8. The van der Waals surface area contributed by atoms with Gasteiger partial charge >= 0.3 is 6.09 Å². The summed E-state index contributed by atoms with van der Waals surface area (Å²) in [5, 5.41) is 2.81. The van der Waals surface area contributed by atoms with Crippen LogP contribution in [0.15, 0.2) is 0 Å². The summed E-state index contributed by atoms with van der Waals surface area (Å²) in [5.74, 6) is -0.530. The van der Waals surface area contributed by atoms with Crippen molar-refractivity contribution in [1.29, 1.82) is 0 Å². The molecular formula is C20H40N2O6. The number of hydrogen-bond donors (Lipinski definition) is 1. The minimum atomic E-state index is -0.530.